The number of H-pyrrole nitrogens is 1. The van der Waals surface area contributed by atoms with E-state index in [4.69, 9.17) is 0 Å². The number of imide groups is 1. The summed E-state index contributed by atoms with van der Waals surface area (Å²) < 4.78 is 0. The van der Waals surface area contributed by atoms with Crippen molar-refractivity contribution < 1.29 is 9.59 Å². The third-order valence-electron chi connectivity index (χ3n) is 2.02. The van der Waals surface area contributed by atoms with E-state index in [1.54, 1.807) is 12.4 Å². The molecule has 2 amide bonds. The zero-order valence-electron chi connectivity index (χ0n) is 6.99. The van der Waals surface area contributed by atoms with Gasteiger partial charge in [0.05, 0.1) is 6.54 Å². The number of hydrogen-bond acceptors (Lipinski definition) is 3. The molecule has 2 rings (SSSR count). The first-order chi connectivity index (χ1) is 6.27. The first-order valence-corrected chi connectivity index (χ1v) is 4.09. The van der Waals surface area contributed by atoms with Gasteiger partial charge in [-0.05, 0) is 0 Å². The first-order valence-electron chi connectivity index (χ1n) is 4.09. The second kappa shape index (κ2) is 3.01. The molecular formula is C8H9N3O2. The highest BCUT2D eigenvalue weighted by Gasteiger charge is 2.29. The Kier molecular flexibility index (Phi) is 1.84. The van der Waals surface area contributed by atoms with Gasteiger partial charge in [-0.2, -0.15) is 0 Å². The molecule has 1 aliphatic rings. The van der Waals surface area contributed by atoms with Crippen molar-refractivity contribution in [2.75, 3.05) is 0 Å². The quantitative estimate of drug-likeness (QED) is 0.653. The predicted molar refractivity (Wildman–Crippen MR) is 43.4 cm³/mol. The molecule has 0 aliphatic carbocycles. The van der Waals surface area contributed by atoms with Crippen LogP contribution in [0.2, 0.25) is 0 Å². The van der Waals surface area contributed by atoms with Crippen molar-refractivity contribution in [2.45, 2.75) is 19.4 Å². The molecule has 1 aliphatic heterocycles. The Morgan fingerprint density at radius 1 is 1.38 bits per heavy atom. The van der Waals surface area contributed by atoms with E-state index in [9.17, 15) is 9.59 Å². The summed E-state index contributed by atoms with van der Waals surface area (Å²) in [5.41, 5.74) is 0. The lowest BCUT2D eigenvalue weighted by Crippen LogP contribution is -2.28. The number of carbonyl (C=O) groups is 2. The van der Waals surface area contributed by atoms with Crippen molar-refractivity contribution in [1.82, 2.24) is 14.9 Å². The van der Waals surface area contributed by atoms with Crippen LogP contribution in [0.15, 0.2) is 12.4 Å². The molecule has 0 bridgehead atoms. The van der Waals surface area contributed by atoms with Crippen LogP contribution in [0.25, 0.3) is 0 Å². The lowest BCUT2D eigenvalue weighted by atomic mass is 10.4. The summed E-state index contributed by atoms with van der Waals surface area (Å²) in [6, 6.07) is 0. The highest BCUT2D eigenvalue weighted by atomic mass is 16.2. The Labute approximate surface area is 74.8 Å². The highest BCUT2D eigenvalue weighted by molar-refractivity contribution is 6.01. The molecule has 0 unspecified atom stereocenters. The molecular weight excluding hydrogens is 170 g/mol. The molecule has 0 atom stereocenters. The first kappa shape index (κ1) is 7.97. The molecule has 1 aromatic heterocycles. The second-order valence-electron chi connectivity index (χ2n) is 2.91. The second-order valence-corrected chi connectivity index (χ2v) is 2.91. The molecule has 1 N–H and O–H groups in total. The van der Waals surface area contributed by atoms with Crippen LogP contribution in [-0.2, 0) is 16.1 Å². The number of likely N-dealkylation sites (tertiary alicyclic amines) is 1. The van der Waals surface area contributed by atoms with Gasteiger partial charge in [-0.25, -0.2) is 4.98 Å². The van der Waals surface area contributed by atoms with Crippen molar-refractivity contribution >= 4 is 11.8 Å². The lowest BCUT2D eigenvalue weighted by Gasteiger charge is -2.10. The molecule has 0 aromatic carbocycles. The summed E-state index contributed by atoms with van der Waals surface area (Å²) in [5, 5.41) is 0. The Hall–Kier alpha value is -1.65. The van der Waals surface area contributed by atoms with Gasteiger partial charge in [0.15, 0.2) is 0 Å². The van der Waals surface area contributed by atoms with Gasteiger partial charge in [0.1, 0.15) is 5.82 Å². The summed E-state index contributed by atoms with van der Waals surface area (Å²) in [6.07, 6.45) is 3.93. The Morgan fingerprint density at radius 3 is 2.62 bits per heavy atom. The fourth-order valence-corrected chi connectivity index (χ4v) is 1.33. The van der Waals surface area contributed by atoms with E-state index < -0.39 is 0 Å². The number of nitrogens with zero attached hydrogens (tertiary/aromatic N) is 2. The minimum atomic E-state index is -0.110. The number of imidazole rings is 1. The average Bonchev–Trinajstić information content (AvgIpc) is 2.70. The molecule has 13 heavy (non-hydrogen) atoms. The van der Waals surface area contributed by atoms with E-state index >= 15 is 0 Å². The van der Waals surface area contributed by atoms with Crippen LogP contribution in [-0.4, -0.2) is 26.7 Å². The van der Waals surface area contributed by atoms with Crippen molar-refractivity contribution in [3.05, 3.63) is 18.2 Å². The van der Waals surface area contributed by atoms with Crippen molar-refractivity contribution in [3.8, 4) is 0 Å². The minimum absolute atomic E-state index is 0.110. The highest BCUT2D eigenvalue weighted by Crippen LogP contribution is 2.13. The van der Waals surface area contributed by atoms with Gasteiger partial charge < -0.3 is 4.98 Å². The standard InChI is InChI=1S/C8H9N3O2/c12-7-1-2-8(13)11(7)5-6-9-3-4-10-6/h3-4H,1-2,5H2,(H,9,10). The van der Waals surface area contributed by atoms with Crippen LogP contribution in [0, 0.1) is 0 Å². The van der Waals surface area contributed by atoms with Gasteiger partial charge in [-0.1, -0.05) is 0 Å². The summed E-state index contributed by atoms with van der Waals surface area (Å²) in [4.78, 5) is 30.4. The smallest absolute Gasteiger partial charge is 0.230 e. The van der Waals surface area contributed by atoms with Gasteiger partial charge >= 0.3 is 0 Å². The molecule has 2 heterocycles. The van der Waals surface area contributed by atoms with Gasteiger partial charge in [0.25, 0.3) is 0 Å². The Bertz CT molecular complexity index is 315. The van der Waals surface area contributed by atoms with Gasteiger partial charge in [-0.3, -0.25) is 14.5 Å². The third-order valence-corrected chi connectivity index (χ3v) is 2.02. The Balaban J connectivity index is 2.09. The molecule has 1 fully saturated rings. The maximum Gasteiger partial charge on any atom is 0.230 e. The van der Waals surface area contributed by atoms with Crippen LogP contribution in [0.4, 0.5) is 0 Å². The predicted octanol–water partition coefficient (Wildman–Crippen LogP) is 0.0587. The summed E-state index contributed by atoms with van der Waals surface area (Å²) in [7, 11) is 0. The molecule has 5 heteroatoms. The fraction of sp³-hybridized carbons (Fsp3) is 0.375. The molecule has 1 aromatic rings. The van der Waals surface area contributed by atoms with E-state index in [-0.39, 0.29) is 18.4 Å². The van der Waals surface area contributed by atoms with Crippen LogP contribution in [0.3, 0.4) is 0 Å². The monoisotopic (exact) mass is 179 g/mol. The zero-order valence-corrected chi connectivity index (χ0v) is 6.99. The van der Waals surface area contributed by atoms with Gasteiger partial charge in [0.2, 0.25) is 11.8 Å². The number of rotatable bonds is 2. The number of hydrogen-bond donors (Lipinski definition) is 1. The van der Waals surface area contributed by atoms with Crippen molar-refractivity contribution in [1.29, 1.82) is 0 Å². The normalized spacial score (nSPS) is 17.1. The summed E-state index contributed by atoms with van der Waals surface area (Å²) in [6.45, 7) is 0.269. The largest absolute Gasteiger partial charge is 0.347 e. The Morgan fingerprint density at radius 2 is 2.08 bits per heavy atom. The average molecular weight is 179 g/mol. The minimum Gasteiger partial charge on any atom is -0.347 e. The van der Waals surface area contributed by atoms with Crippen LogP contribution >= 0.6 is 0 Å². The number of amides is 2. The molecule has 5 nitrogen and oxygen atoms in total. The SMILES string of the molecule is O=C1CCC(=O)N1Cc1ncc[nH]1. The molecule has 1 saturated heterocycles. The van der Waals surface area contributed by atoms with Gasteiger partial charge in [0, 0.05) is 25.2 Å². The maximum absolute atomic E-state index is 11.2. The summed E-state index contributed by atoms with van der Waals surface area (Å²) >= 11 is 0. The molecule has 68 valence electrons. The van der Waals surface area contributed by atoms with Gasteiger partial charge in [-0.15, -0.1) is 0 Å². The van der Waals surface area contributed by atoms with Crippen LogP contribution in [0.1, 0.15) is 18.7 Å². The number of nitrogens with one attached hydrogen (secondary N) is 1. The fourth-order valence-electron chi connectivity index (χ4n) is 1.33. The van der Waals surface area contributed by atoms with E-state index in [0.29, 0.717) is 18.7 Å². The van der Waals surface area contributed by atoms with Crippen LogP contribution < -0.4 is 0 Å². The van der Waals surface area contributed by atoms with Crippen molar-refractivity contribution in [2.24, 2.45) is 0 Å². The molecule has 0 saturated carbocycles. The topological polar surface area (TPSA) is 66.1 Å². The van der Waals surface area contributed by atoms with E-state index in [1.807, 2.05) is 0 Å². The lowest BCUT2D eigenvalue weighted by molar-refractivity contribution is -0.139. The summed E-state index contributed by atoms with van der Waals surface area (Å²) in [5.74, 6) is 0.423. The van der Waals surface area contributed by atoms with E-state index in [2.05, 4.69) is 9.97 Å². The maximum atomic E-state index is 11.2. The zero-order chi connectivity index (χ0) is 9.26. The van der Waals surface area contributed by atoms with E-state index in [0.717, 1.165) is 0 Å². The van der Waals surface area contributed by atoms with Crippen molar-refractivity contribution in [3.63, 3.8) is 0 Å². The number of carbonyl (C=O) groups excluding carboxylic acids is 2. The number of aromatic amines is 1. The molecule has 0 radical (unpaired) electrons. The number of aromatic nitrogens is 2. The van der Waals surface area contributed by atoms with Crippen LogP contribution in [0.5, 0.6) is 0 Å². The third kappa shape index (κ3) is 1.44. The molecule has 0 spiro atoms. The van der Waals surface area contributed by atoms with E-state index in [1.165, 1.54) is 4.90 Å².